The van der Waals surface area contributed by atoms with Gasteiger partial charge < -0.3 is 10.1 Å². The van der Waals surface area contributed by atoms with Crippen LogP contribution < -0.4 is 15.6 Å². The molecule has 0 aliphatic heterocycles. The van der Waals surface area contributed by atoms with Crippen molar-refractivity contribution in [2.24, 2.45) is 5.10 Å². The summed E-state index contributed by atoms with van der Waals surface area (Å²) in [5.41, 5.74) is 2.29. The number of hydrogen-bond acceptors (Lipinski definition) is 5. The van der Waals surface area contributed by atoms with Crippen molar-refractivity contribution in [1.29, 1.82) is 0 Å². The SMILES string of the molecule is O=C(COc1ccc(C=Nn2c(-c3ccccc3)nc3ccccc3c2=O)cc1Cl)Nc1ccc(Cl)cc1. The minimum atomic E-state index is -0.342. The molecule has 0 aliphatic carbocycles. The van der Waals surface area contributed by atoms with Crippen LogP contribution in [0.3, 0.4) is 0 Å². The van der Waals surface area contributed by atoms with E-state index in [0.717, 1.165) is 5.56 Å². The molecule has 0 spiro atoms. The van der Waals surface area contributed by atoms with Gasteiger partial charge >= 0.3 is 0 Å². The molecule has 0 saturated heterocycles. The zero-order valence-corrected chi connectivity index (χ0v) is 21.4. The van der Waals surface area contributed by atoms with Gasteiger partial charge in [0.25, 0.3) is 11.5 Å². The van der Waals surface area contributed by atoms with E-state index in [0.29, 0.717) is 43.8 Å². The predicted molar refractivity (Wildman–Crippen MR) is 151 cm³/mol. The highest BCUT2D eigenvalue weighted by atomic mass is 35.5. The Morgan fingerprint density at radius 1 is 0.947 bits per heavy atom. The molecule has 1 amide bonds. The molecule has 38 heavy (non-hydrogen) atoms. The number of nitrogens with zero attached hydrogens (tertiary/aromatic N) is 3. The van der Waals surface area contributed by atoms with Gasteiger partial charge in [-0.1, -0.05) is 65.7 Å². The van der Waals surface area contributed by atoms with Crippen molar-refractivity contribution in [2.45, 2.75) is 0 Å². The van der Waals surface area contributed by atoms with E-state index in [9.17, 15) is 9.59 Å². The third kappa shape index (κ3) is 5.75. The second-order valence-electron chi connectivity index (χ2n) is 8.21. The molecule has 5 rings (SSSR count). The van der Waals surface area contributed by atoms with Gasteiger partial charge in [-0.05, 0) is 60.2 Å². The Bertz CT molecular complexity index is 1700. The van der Waals surface area contributed by atoms with Gasteiger partial charge in [-0.25, -0.2) is 4.98 Å². The number of aromatic nitrogens is 2. The molecule has 0 bridgehead atoms. The normalized spacial score (nSPS) is 11.1. The quantitative estimate of drug-likeness (QED) is 0.245. The van der Waals surface area contributed by atoms with Crippen LogP contribution in [-0.2, 0) is 4.79 Å². The number of carbonyl (C=O) groups is 1. The predicted octanol–water partition coefficient (Wildman–Crippen LogP) is 6.27. The average molecular weight is 543 g/mol. The topological polar surface area (TPSA) is 85.6 Å². The van der Waals surface area contributed by atoms with Crippen molar-refractivity contribution in [3.63, 3.8) is 0 Å². The Kier molecular flexibility index (Phi) is 7.49. The Balaban J connectivity index is 1.36. The Labute approximate surface area is 227 Å². The molecule has 0 unspecified atom stereocenters. The van der Waals surface area contributed by atoms with E-state index in [1.807, 2.05) is 36.4 Å². The number of hydrogen-bond donors (Lipinski definition) is 1. The highest BCUT2D eigenvalue weighted by molar-refractivity contribution is 6.32. The summed E-state index contributed by atoms with van der Waals surface area (Å²) in [6, 6.07) is 28.3. The molecule has 0 saturated carbocycles. The monoisotopic (exact) mass is 542 g/mol. The fourth-order valence-corrected chi connectivity index (χ4v) is 4.09. The Morgan fingerprint density at radius 2 is 1.68 bits per heavy atom. The maximum atomic E-state index is 13.3. The number of halogens is 2. The molecular weight excluding hydrogens is 523 g/mol. The Hall–Kier alpha value is -4.46. The number of nitrogens with one attached hydrogen (secondary N) is 1. The van der Waals surface area contributed by atoms with Crippen LogP contribution in [0.4, 0.5) is 5.69 Å². The number of benzene rings is 4. The lowest BCUT2D eigenvalue weighted by molar-refractivity contribution is -0.118. The van der Waals surface area contributed by atoms with E-state index >= 15 is 0 Å². The fraction of sp³-hybridized carbons (Fsp3) is 0.0345. The lowest BCUT2D eigenvalue weighted by atomic mass is 10.2. The van der Waals surface area contributed by atoms with Crippen LogP contribution in [0, 0.1) is 0 Å². The van der Waals surface area contributed by atoms with Gasteiger partial charge in [-0.15, -0.1) is 0 Å². The molecule has 5 aromatic rings. The Morgan fingerprint density at radius 3 is 2.45 bits per heavy atom. The number of ether oxygens (including phenoxy) is 1. The second kappa shape index (κ2) is 11.3. The number of carbonyl (C=O) groups excluding carboxylic acids is 1. The molecule has 0 fully saturated rings. The summed E-state index contributed by atoms with van der Waals surface area (Å²) in [6.45, 7) is -0.228. The largest absolute Gasteiger partial charge is 0.482 e. The molecular formula is C29H20Cl2N4O3. The van der Waals surface area contributed by atoms with Crippen molar-refractivity contribution in [3.8, 4) is 17.1 Å². The van der Waals surface area contributed by atoms with Crippen molar-refractivity contribution < 1.29 is 9.53 Å². The van der Waals surface area contributed by atoms with Gasteiger partial charge in [0.15, 0.2) is 12.4 Å². The van der Waals surface area contributed by atoms with Crippen LogP contribution >= 0.6 is 23.2 Å². The molecule has 188 valence electrons. The van der Waals surface area contributed by atoms with Crippen LogP contribution in [0.2, 0.25) is 10.0 Å². The van der Waals surface area contributed by atoms with Crippen LogP contribution in [0.5, 0.6) is 5.75 Å². The van der Waals surface area contributed by atoms with Gasteiger partial charge in [-0.2, -0.15) is 9.78 Å². The minimum absolute atomic E-state index is 0.228. The molecule has 0 aliphatic rings. The van der Waals surface area contributed by atoms with Crippen molar-refractivity contribution in [2.75, 3.05) is 11.9 Å². The average Bonchev–Trinajstić information content (AvgIpc) is 2.94. The first-order valence-electron chi connectivity index (χ1n) is 11.6. The smallest absolute Gasteiger partial charge is 0.282 e. The summed E-state index contributed by atoms with van der Waals surface area (Å²) in [5.74, 6) is 0.415. The van der Waals surface area contributed by atoms with E-state index in [-0.39, 0.29) is 18.1 Å². The molecule has 1 heterocycles. The van der Waals surface area contributed by atoms with E-state index in [4.69, 9.17) is 27.9 Å². The van der Waals surface area contributed by atoms with E-state index in [1.54, 1.807) is 60.7 Å². The van der Waals surface area contributed by atoms with Gasteiger partial charge in [0.1, 0.15) is 5.75 Å². The summed E-state index contributed by atoms with van der Waals surface area (Å²) >= 11 is 12.3. The third-order valence-electron chi connectivity index (χ3n) is 5.55. The summed E-state index contributed by atoms with van der Waals surface area (Å²) in [7, 11) is 0. The third-order valence-corrected chi connectivity index (χ3v) is 6.10. The molecule has 4 aromatic carbocycles. The number of anilines is 1. The first-order valence-corrected chi connectivity index (χ1v) is 12.3. The van der Waals surface area contributed by atoms with Crippen LogP contribution in [-0.4, -0.2) is 28.4 Å². The summed E-state index contributed by atoms with van der Waals surface area (Å²) < 4.78 is 6.85. The molecule has 9 heteroatoms. The van der Waals surface area contributed by atoms with Crippen molar-refractivity contribution >= 4 is 51.9 Å². The van der Waals surface area contributed by atoms with Crippen molar-refractivity contribution in [3.05, 3.63) is 123 Å². The standard InChI is InChI=1S/C29H20Cl2N4O3/c30-21-11-13-22(14-12-21)33-27(36)18-38-26-15-10-19(16-24(26)31)17-32-35-28(20-6-2-1-3-7-20)34-25-9-5-4-8-23(25)29(35)37/h1-17H,18H2,(H,33,36). The van der Waals surface area contributed by atoms with Gasteiger partial charge in [0.2, 0.25) is 0 Å². The van der Waals surface area contributed by atoms with Crippen LogP contribution in [0.25, 0.3) is 22.3 Å². The lowest BCUT2D eigenvalue weighted by Crippen LogP contribution is -2.20. The van der Waals surface area contributed by atoms with Gasteiger partial charge in [-0.3, -0.25) is 9.59 Å². The maximum Gasteiger partial charge on any atom is 0.282 e. The van der Waals surface area contributed by atoms with Crippen molar-refractivity contribution in [1.82, 2.24) is 9.66 Å². The molecule has 0 atom stereocenters. The number of rotatable bonds is 7. The highest BCUT2D eigenvalue weighted by Gasteiger charge is 2.12. The molecule has 1 aromatic heterocycles. The zero-order valence-electron chi connectivity index (χ0n) is 19.8. The van der Waals surface area contributed by atoms with Crippen LogP contribution in [0.1, 0.15) is 5.56 Å². The van der Waals surface area contributed by atoms with Crippen LogP contribution in [0.15, 0.2) is 107 Å². The maximum absolute atomic E-state index is 13.3. The number of amides is 1. The van der Waals surface area contributed by atoms with Gasteiger partial charge in [0, 0.05) is 16.3 Å². The highest BCUT2D eigenvalue weighted by Crippen LogP contribution is 2.25. The minimum Gasteiger partial charge on any atom is -0.482 e. The summed E-state index contributed by atoms with van der Waals surface area (Å²) in [5, 5.41) is 8.49. The summed E-state index contributed by atoms with van der Waals surface area (Å²) in [6.07, 6.45) is 1.52. The van der Waals surface area contributed by atoms with Gasteiger partial charge in [0.05, 0.1) is 22.1 Å². The molecule has 1 N–H and O–H groups in total. The molecule has 7 nitrogen and oxygen atoms in total. The van der Waals surface area contributed by atoms with E-state index in [2.05, 4.69) is 15.4 Å². The second-order valence-corrected chi connectivity index (χ2v) is 9.06. The van der Waals surface area contributed by atoms with E-state index < -0.39 is 0 Å². The fourth-order valence-electron chi connectivity index (χ4n) is 3.72. The number of fused-ring (bicyclic) bond motifs is 1. The number of para-hydroxylation sites is 1. The first-order chi connectivity index (χ1) is 18.5. The molecule has 0 radical (unpaired) electrons. The summed E-state index contributed by atoms with van der Waals surface area (Å²) in [4.78, 5) is 30.2. The van der Waals surface area contributed by atoms with E-state index in [1.165, 1.54) is 10.9 Å². The zero-order chi connectivity index (χ0) is 26.5. The first kappa shape index (κ1) is 25.2. The lowest BCUT2D eigenvalue weighted by Gasteiger charge is -2.10.